The largest absolute Gasteiger partial charge is 0.324 e. The van der Waals surface area contributed by atoms with Crippen LogP contribution in [-0.2, 0) is 0 Å². The normalized spacial score (nSPS) is 10.8. The molecule has 2 aromatic heterocycles. The summed E-state index contributed by atoms with van der Waals surface area (Å²) in [6, 6.07) is 15.4. The highest BCUT2D eigenvalue weighted by atomic mass is 16.1. The number of fused-ring (bicyclic) bond motifs is 1. The smallest absolute Gasteiger partial charge is 0.274 e. The molecule has 0 bridgehead atoms. The van der Waals surface area contributed by atoms with Crippen molar-refractivity contribution in [3.05, 3.63) is 82.8 Å². The average molecular weight is 397 g/mol. The van der Waals surface area contributed by atoms with Gasteiger partial charge < -0.3 is 10.6 Å². The number of hydrogen-bond acceptors (Lipinski definition) is 5. The van der Waals surface area contributed by atoms with Crippen LogP contribution in [0.5, 0.6) is 0 Å². The summed E-state index contributed by atoms with van der Waals surface area (Å²) in [6.07, 6.45) is 1.71. The van der Waals surface area contributed by atoms with E-state index in [0.29, 0.717) is 23.0 Å². The summed E-state index contributed by atoms with van der Waals surface area (Å²) in [7, 11) is 0. The summed E-state index contributed by atoms with van der Waals surface area (Å²) in [5.74, 6) is 0.0882. The van der Waals surface area contributed by atoms with Crippen molar-refractivity contribution in [3.63, 3.8) is 0 Å². The number of rotatable bonds is 4. The van der Waals surface area contributed by atoms with E-state index >= 15 is 0 Å². The maximum absolute atomic E-state index is 12.9. The summed E-state index contributed by atoms with van der Waals surface area (Å²) >= 11 is 0. The molecule has 2 N–H and O–H groups in total. The van der Waals surface area contributed by atoms with Gasteiger partial charge in [-0.05, 0) is 57.0 Å². The SMILES string of the molecule is Cc1cc(C)c(Nc2nc(C)cc(C(=O)Nc3cccc4cccnc34)n2)c(C)c1. The number of aryl methyl sites for hydroxylation is 4. The lowest BCUT2D eigenvalue weighted by atomic mass is 10.1. The highest BCUT2D eigenvalue weighted by Gasteiger charge is 2.14. The topological polar surface area (TPSA) is 79.8 Å². The van der Waals surface area contributed by atoms with Gasteiger partial charge >= 0.3 is 0 Å². The van der Waals surface area contributed by atoms with Gasteiger partial charge in [0, 0.05) is 23.0 Å². The van der Waals surface area contributed by atoms with Crippen molar-refractivity contribution >= 4 is 34.1 Å². The van der Waals surface area contributed by atoms with Crippen LogP contribution >= 0.6 is 0 Å². The molecule has 0 aliphatic heterocycles. The zero-order chi connectivity index (χ0) is 21.3. The van der Waals surface area contributed by atoms with Gasteiger partial charge in [0.1, 0.15) is 5.69 Å². The number of carbonyl (C=O) groups is 1. The number of carbonyl (C=O) groups excluding carboxylic acids is 1. The Hall–Kier alpha value is -3.80. The van der Waals surface area contributed by atoms with E-state index in [0.717, 1.165) is 27.7 Å². The molecule has 2 aromatic carbocycles. The van der Waals surface area contributed by atoms with Gasteiger partial charge in [-0.15, -0.1) is 0 Å². The van der Waals surface area contributed by atoms with E-state index in [-0.39, 0.29) is 5.91 Å². The molecule has 6 nitrogen and oxygen atoms in total. The van der Waals surface area contributed by atoms with E-state index in [1.165, 1.54) is 5.56 Å². The Morgan fingerprint density at radius 1 is 0.900 bits per heavy atom. The molecule has 4 rings (SSSR count). The van der Waals surface area contributed by atoms with E-state index in [1.807, 2.05) is 51.1 Å². The van der Waals surface area contributed by atoms with Gasteiger partial charge in [0.05, 0.1) is 11.2 Å². The van der Waals surface area contributed by atoms with Crippen molar-refractivity contribution in [2.75, 3.05) is 10.6 Å². The van der Waals surface area contributed by atoms with Crippen LogP contribution < -0.4 is 10.6 Å². The maximum Gasteiger partial charge on any atom is 0.274 e. The van der Waals surface area contributed by atoms with E-state index in [4.69, 9.17) is 0 Å². The average Bonchev–Trinajstić information content (AvgIpc) is 2.70. The van der Waals surface area contributed by atoms with Gasteiger partial charge in [-0.1, -0.05) is 35.9 Å². The van der Waals surface area contributed by atoms with Crippen LogP contribution in [0, 0.1) is 27.7 Å². The van der Waals surface area contributed by atoms with Crippen molar-refractivity contribution in [2.45, 2.75) is 27.7 Å². The molecule has 0 aliphatic carbocycles. The fourth-order valence-electron chi connectivity index (χ4n) is 3.62. The number of amides is 1. The Balaban J connectivity index is 1.64. The van der Waals surface area contributed by atoms with Crippen LogP contribution in [0.4, 0.5) is 17.3 Å². The molecule has 6 heteroatoms. The minimum Gasteiger partial charge on any atom is -0.324 e. The number of anilines is 3. The third kappa shape index (κ3) is 3.98. The van der Waals surface area contributed by atoms with Crippen molar-refractivity contribution in [2.24, 2.45) is 0 Å². The lowest BCUT2D eigenvalue weighted by Gasteiger charge is -2.14. The molecule has 0 atom stereocenters. The Morgan fingerprint density at radius 3 is 2.40 bits per heavy atom. The standard InChI is InChI=1S/C24H23N5O/c1-14-11-15(2)21(16(3)12-14)29-24-26-17(4)13-20(28-24)23(30)27-19-9-5-7-18-8-6-10-25-22(18)19/h5-13H,1-4H3,(H,27,30)(H,26,28,29). The predicted octanol–water partition coefficient (Wildman–Crippen LogP) is 5.25. The highest BCUT2D eigenvalue weighted by molar-refractivity contribution is 6.07. The van der Waals surface area contributed by atoms with Gasteiger partial charge in [0.25, 0.3) is 5.91 Å². The van der Waals surface area contributed by atoms with Crippen LogP contribution in [0.3, 0.4) is 0 Å². The maximum atomic E-state index is 12.9. The Labute approximate surface area is 175 Å². The van der Waals surface area contributed by atoms with Crippen molar-refractivity contribution in [1.29, 1.82) is 0 Å². The number of benzene rings is 2. The molecule has 0 radical (unpaired) electrons. The zero-order valence-electron chi connectivity index (χ0n) is 17.4. The quantitative estimate of drug-likeness (QED) is 0.491. The highest BCUT2D eigenvalue weighted by Crippen LogP contribution is 2.25. The second-order valence-corrected chi connectivity index (χ2v) is 7.45. The van der Waals surface area contributed by atoms with Crippen LogP contribution in [0.25, 0.3) is 10.9 Å². The molecule has 0 saturated carbocycles. The zero-order valence-corrected chi connectivity index (χ0v) is 17.4. The molecule has 0 spiro atoms. The minimum absolute atomic E-state index is 0.292. The Kier molecular flexibility index (Phi) is 5.14. The molecule has 4 aromatic rings. The number of nitrogens with zero attached hydrogens (tertiary/aromatic N) is 3. The van der Waals surface area contributed by atoms with Crippen LogP contribution in [0.15, 0.2) is 54.7 Å². The molecule has 150 valence electrons. The van der Waals surface area contributed by atoms with E-state index in [1.54, 1.807) is 12.3 Å². The number of nitrogens with one attached hydrogen (secondary N) is 2. The monoisotopic (exact) mass is 397 g/mol. The molecule has 2 heterocycles. The first kappa shape index (κ1) is 19.5. The van der Waals surface area contributed by atoms with Gasteiger partial charge in [-0.2, -0.15) is 0 Å². The Bertz CT molecular complexity index is 1240. The molecule has 0 fully saturated rings. The second kappa shape index (κ2) is 7.91. The molecule has 1 amide bonds. The van der Waals surface area contributed by atoms with E-state index in [2.05, 4.69) is 44.6 Å². The predicted molar refractivity (Wildman–Crippen MR) is 120 cm³/mol. The van der Waals surface area contributed by atoms with Gasteiger partial charge in [0.2, 0.25) is 5.95 Å². The fourth-order valence-corrected chi connectivity index (χ4v) is 3.62. The molecular formula is C24H23N5O. The number of aromatic nitrogens is 3. The first-order valence-electron chi connectivity index (χ1n) is 9.76. The van der Waals surface area contributed by atoms with E-state index < -0.39 is 0 Å². The van der Waals surface area contributed by atoms with Crippen molar-refractivity contribution in [1.82, 2.24) is 15.0 Å². The van der Waals surface area contributed by atoms with Crippen LogP contribution in [0.2, 0.25) is 0 Å². The van der Waals surface area contributed by atoms with Crippen molar-refractivity contribution < 1.29 is 4.79 Å². The molecular weight excluding hydrogens is 374 g/mol. The van der Waals surface area contributed by atoms with Gasteiger partial charge in [-0.3, -0.25) is 9.78 Å². The summed E-state index contributed by atoms with van der Waals surface area (Å²) in [5.41, 5.74) is 6.74. The van der Waals surface area contributed by atoms with Gasteiger partial charge in [-0.25, -0.2) is 9.97 Å². The third-order valence-electron chi connectivity index (χ3n) is 4.88. The third-order valence-corrected chi connectivity index (χ3v) is 4.88. The van der Waals surface area contributed by atoms with Crippen molar-refractivity contribution in [3.8, 4) is 0 Å². The molecule has 0 saturated heterocycles. The first-order chi connectivity index (χ1) is 14.4. The lowest BCUT2D eigenvalue weighted by molar-refractivity contribution is 0.102. The second-order valence-electron chi connectivity index (χ2n) is 7.45. The van der Waals surface area contributed by atoms with Crippen LogP contribution in [0.1, 0.15) is 32.9 Å². The fraction of sp³-hybridized carbons (Fsp3) is 0.167. The molecule has 0 aliphatic rings. The van der Waals surface area contributed by atoms with Crippen LogP contribution in [-0.4, -0.2) is 20.9 Å². The van der Waals surface area contributed by atoms with Gasteiger partial charge in [0.15, 0.2) is 0 Å². The summed E-state index contributed by atoms with van der Waals surface area (Å²) < 4.78 is 0. The molecule has 30 heavy (non-hydrogen) atoms. The van der Waals surface area contributed by atoms with E-state index in [9.17, 15) is 4.79 Å². The minimum atomic E-state index is -0.306. The lowest BCUT2D eigenvalue weighted by Crippen LogP contribution is -2.16. The molecule has 0 unspecified atom stereocenters. The number of para-hydroxylation sites is 1. The summed E-state index contributed by atoms with van der Waals surface area (Å²) in [4.78, 5) is 26.2. The summed E-state index contributed by atoms with van der Waals surface area (Å²) in [6.45, 7) is 7.99. The number of pyridine rings is 1. The number of hydrogen-bond donors (Lipinski definition) is 2. The summed E-state index contributed by atoms with van der Waals surface area (Å²) in [5, 5.41) is 7.17. The Morgan fingerprint density at radius 2 is 1.63 bits per heavy atom. The first-order valence-corrected chi connectivity index (χ1v) is 9.76.